The smallest absolute Gasteiger partial charge is 0.309 e. The number of hydrogen-bond acceptors (Lipinski definition) is 8. The Bertz CT molecular complexity index is 1180. The number of nitrogens with zero attached hydrogens (tertiary/aromatic N) is 3. The molecule has 0 aliphatic carbocycles. The Labute approximate surface area is 193 Å². The van der Waals surface area contributed by atoms with Gasteiger partial charge in [0.25, 0.3) is 10.0 Å². The number of halogens is 1. The van der Waals surface area contributed by atoms with E-state index in [2.05, 4.69) is 9.88 Å². The molecule has 0 atom stereocenters. The number of thiazole rings is 1. The van der Waals surface area contributed by atoms with E-state index in [-0.39, 0.29) is 22.2 Å². The van der Waals surface area contributed by atoms with Crippen LogP contribution in [-0.2, 0) is 19.6 Å². The van der Waals surface area contributed by atoms with Crippen LogP contribution >= 0.6 is 34.3 Å². The number of carbonyl (C=O) groups is 1. The molecule has 164 valence electrons. The molecule has 3 aromatic rings. The second-order valence-electron chi connectivity index (χ2n) is 7.66. The maximum Gasteiger partial charge on any atom is 0.309 e. The van der Waals surface area contributed by atoms with Gasteiger partial charge in [-0.05, 0) is 37.1 Å². The number of sulfonamides is 1. The van der Waals surface area contributed by atoms with Crippen LogP contribution < -0.4 is 4.90 Å². The molecule has 1 aromatic carbocycles. The molecule has 0 saturated carbocycles. The van der Waals surface area contributed by atoms with E-state index in [9.17, 15) is 13.2 Å². The van der Waals surface area contributed by atoms with Crippen LogP contribution in [0.5, 0.6) is 0 Å². The minimum atomic E-state index is -3.55. The van der Waals surface area contributed by atoms with E-state index in [1.165, 1.54) is 10.4 Å². The van der Waals surface area contributed by atoms with Crippen LogP contribution in [0.4, 0.5) is 5.13 Å². The Balaban J connectivity index is 1.12. The third-order valence-electron chi connectivity index (χ3n) is 5.61. The topological polar surface area (TPSA) is 79.8 Å². The van der Waals surface area contributed by atoms with Crippen LogP contribution in [0.15, 0.2) is 40.6 Å². The highest BCUT2D eigenvalue weighted by Gasteiger charge is 2.37. The van der Waals surface area contributed by atoms with Gasteiger partial charge in [0.2, 0.25) is 0 Å². The van der Waals surface area contributed by atoms with E-state index in [0.717, 1.165) is 26.7 Å². The second kappa shape index (κ2) is 8.32. The molecule has 2 aliphatic rings. The molecule has 0 bridgehead atoms. The summed E-state index contributed by atoms with van der Waals surface area (Å²) in [4.78, 5) is 19.3. The molecule has 0 spiro atoms. The number of esters is 1. The predicted molar refractivity (Wildman–Crippen MR) is 123 cm³/mol. The molecule has 2 aromatic heterocycles. The lowest BCUT2D eigenvalue weighted by Gasteiger charge is -2.39. The van der Waals surface area contributed by atoms with Crippen molar-refractivity contribution in [3.8, 4) is 0 Å². The number of thiophene rings is 1. The summed E-state index contributed by atoms with van der Waals surface area (Å²) in [5.74, 6) is -0.500. The Morgan fingerprint density at radius 2 is 1.84 bits per heavy atom. The fourth-order valence-corrected chi connectivity index (χ4v) is 7.91. The summed E-state index contributed by atoms with van der Waals surface area (Å²) in [6.45, 7) is 1.88. The van der Waals surface area contributed by atoms with Gasteiger partial charge in [-0.1, -0.05) is 35.1 Å². The van der Waals surface area contributed by atoms with Crippen molar-refractivity contribution in [3.63, 3.8) is 0 Å². The first-order valence-corrected chi connectivity index (χ1v) is 13.4. The number of fused-ring (bicyclic) bond motifs is 1. The normalized spacial score (nSPS) is 18.9. The largest absolute Gasteiger partial charge is 0.458 e. The molecule has 4 heterocycles. The maximum absolute atomic E-state index is 12.7. The molecule has 2 fully saturated rings. The number of piperidine rings is 1. The highest BCUT2D eigenvalue weighted by molar-refractivity contribution is 7.91. The molecule has 5 rings (SSSR count). The van der Waals surface area contributed by atoms with Crippen molar-refractivity contribution in [3.05, 3.63) is 40.7 Å². The van der Waals surface area contributed by atoms with Crippen LogP contribution in [-0.4, -0.2) is 56.0 Å². The first-order chi connectivity index (χ1) is 14.9. The van der Waals surface area contributed by atoms with Crippen molar-refractivity contribution >= 4 is 65.6 Å². The van der Waals surface area contributed by atoms with Crippen molar-refractivity contribution in [1.82, 2.24) is 9.29 Å². The van der Waals surface area contributed by atoms with E-state index >= 15 is 0 Å². The van der Waals surface area contributed by atoms with Gasteiger partial charge in [0, 0.05) is 13.1 Å². The van der Waals surface area contributed by atoms with E-state index in [1.54, 1.807) is 17.4 Å². The lowest BCUT2D eigenvalue weighted by atomic mass is 9.98. The Morgan fingerprint density at radius 1 is 1.10 bits per heavy atom. The third kappa shape index (κ3) is 4.19. The fraction of sp³-hybridized carbons (Fsp3) is 0.400. The summed E-state index contributed by atoms with van der Waals surface area (Å²) in [5.41, 5.74) is 0.981. The number of para-hydroxylation sites is 1. The molecule has 0 amide bonds. The predicted octanol–water partition coefficient (Wildman–Crippen LogP) is 3.84. The van der Waals surface area contributed by atoms with E-state index in [0.29, 0.717) is 43.4 Å². The van der Waals surface area contributed by atoms with Crippen molar-refractivity contribution in [2.24, 2.45) is 5.92 Å². The van der Waals surface area contributed by atoms with E-state index < -0.39 is 10.0 Å². The SMILES string of the molecule is O=C(OC1CN(c2nc3ccccc3s2)C1)C1CCN(S(=O)(=O)c2ccc(Cl)s2)CC1. The standard InChI is InChI=1S/C20H20ClN3O4S3/c21-17-5-6-18(30-17)31(26,27)24-9-7-13(8-10-24)19(25)28-14-11-23(12-14)20-22-15-3-1-2-4-16(15)29-20/h1-6,13-14H,7-12H2. The number of carbonyl (C=O) groups excluding carboxylic acids is 1. The average Bonchev–Trinajstić information content (AvgIpc) is 3.36. The minimum Gasteiger partial charge on any atom is -0.458 e. The maximum atomic E-state index is 12.7. The Kier molecular flexibility index (Phi) is 5.68. The Morgan fingerprint density at radius 3 is 2.52 bits per heavy atom. The third-order valence-corrected chi connectivity index (χ3v) is 10.3. The molecule has 0 unspecified atom stereocenters. The van der Waals surface area contributed by atoms with Crippen LogP contribution in [0.3, 0.4) is 0 Å². The summed E-state index contributed by atoms with van der Waals surface area (Å²) in [7, 11) is -3.55. The minimum absolute atomic E-state index is 0.144. The van der Waals surface area contributed by atoms with Gasteiger partial charge in [-0.3, -0.25) is 4.79 Å². The summed E-state index contributed by atoms with van der Waals surface area (Å²) in [5, 5.41) is 0.945. The van der Waals surface area contributed by atoms with Gasteiger partial charge in [0.15, 0.2) is 5.13 Å². The van der Waals surface area contributed by atoms with Crippen LogP contribution in [0.25, 0.3) is 10.2 Å². The zero-order valence-electron chi connectivity index (χ0n) is 16.4. The van der Waals surface area contributed by atoms with Crippen LogP contribution in [0.1, 0.15) is 12.8 Å². The molecule has 2 aliphatic heterocycles. The van der Waals surface area contributed by atoms with Crippen molar-refractivity contribution in [1.29, 1.82) is 0 Å². The number of rotatable bonds is 5. The van der Waals surface area contributed by atoms with Gasteiger partial charge in [-0.15, -0.1) is 11.3 Å². The number of ether oxygens (including phenoxy) is 1. The molecule has 0 radical (unpaired) electrons. The molecule has 31 heavy (non-hydrogen) atoms. The highest BCUT2D eigenvalue weighted by atomic mass is 35.5. The van der Waals surface area contributed by atoms with Gasteiger partial charge >= 0.3 is 5.97 Å². The zero-order chi connectivity index (χ0) is 21.6. The number of anilines is 1. The first kappa shape index (κ1) is 21.1. The molecule has 7 nitrogen and oxygen atoms in total. The number of hydrogen-bond donors (Lipinski definition) is 0. The van der Waals surface area contributed by atoms with Gasteiger partial charge in [0.1, 0.15) is 10.3 Å². The lowest BCUT2D eigenvalue weighted by Crippen LogP contribution is -2.54. The summed E-state index contributed by atoms with van der Waals surface area (Å²) >= 11 is 8.56. The van der Waals surface area contributed by atoms with Gasteiger partial charge in [-0.2, -0.15) is 4.31 Å². The van der Waals surface area contributed by atoms with Gasteiger partial charge in [0.05, 0.1) is 33.6 Å². The van der Waals surface area contributed by atoms with Crippen molar-refractivity contribution in [2.75, 3.05) is 31.1 Å². The van der Waals surface area contributed by atoms with E-state index in [1.807, 2.05) is 24.3 Å². The fourth-order valence-electron chi connectivity index (χ4n) is 3.82. The molecule has 0 N–H and O–H groups in total. The average molecular weight is 498 g/mol. The highest BCUT2D eigenvalue weighted by Crippen LogP contribution is 2.33. The molecular formula is C20H20ClN3O4S3. The van der Waals surface area contributed by atoms with Gasteiger partial charge in [-0.25, -0.2) is 13.4 Å². The first-order valence-electron chi connectivity index (χ1n) is 9.96. The quantitative estimate of drug-likeness (QED) is 0.498. The molecule has 11 heteroatoms. The molecular weight excluding hydrogens is 478 g/mol. The molecule has 2 saturated heterocycles. The Hall–Kier alpha value is -1.72. The van der Waals surface area contributed by atoms with Crippen molar-refractivity contribution in [2.45, 2.75) is 23.2 Å². The monoisotopic (exact) mass is 497 g/mol. The van der Waals surface area contributed by atoms with Crippen LogP contribution in [0, 0.1) is 5.92 Å². The van der Waals surface area contributed by atoms with Crippen LogP contribution in [0.2, 0.25) is 4.34 Å². The summed E-state index contributed by atoms with van der Waals surface area (Å²) in [6, 6.07) is 11.1. The summed E-state index contributed by atoms with van der Waals surface area (Å²) in [6.07, 6.45) is 0.784. The number of aromatic nitrogens is 1. The lowest BCUT2D eigenvalue weighted by molar-refractivity contribution is -0.156. The number of benzene rings is 1. The zero-order valence-corrected chi connectivity index (χ0v) is 19.6. The second-order valence-corrected chi connectivity index (χ2v) is 12.6. The van der Waals surface area contributed by atoms with Crippen molar-refractivity contribution < 1.29 is 17.9 Å². The van der Waals surface area contributed by atoms with Gasteiger partial charge < -0.3 is 9.64 Å². The van der Waals surface area contributed by atoms with E-state index in [4.69, 9.17) is 16.3 Å². The summed E-state index contributed by atoms with van der Waals surface area (Å²) < 4.78 is 34.3.